The zero-order chi connectivity index (χ0) is 8.15. The molecular weight excluding hydrogens is 124 g/mol. The predicted octanol–water partition coefficient (Wildman–Crippen LogP) is 2.81. The molecule has 0 fully saturated rings. The van der Waals surface area contributed by atoms with Gasteiger partial charge >= 0.3 is 0 Å². The van der Waals surface area contributed by atoms with Crippen molar-refractivity contribution in [2.24, 2.45) is 5.92 Å². The Morgan fingerprint density at radius 3 is 2.40 bits per heavy atom. The van der Waals surface area contributed by atoms with Crippen LogP contribution in [0.2, 0.25) is 0 Å². The highest BCUT2D eigenvalue weighted by molar-refractivity contribution is 5.77. The van der Waals surface area contributed by atoms with E-state index in [-0.39, 0.29) is 13.1 Å². The summed E-state index contributed by atoms with van der Waals surface area (Å²) in [6, 6.07) is 0. The molecule has 0 heterocycles. The normalized spacial score (nSPS) is 12.7. The molecule has 0 aromatic heterocycles. The molecule has 0 N–H and O–H groups in total. The molecule has 0 aliphatic rings. The summed E-state index contributed by atoms with van der Waals surface area (Å²) in [6.45, 7) is 9.37. The van der Waals surface area contributed by atoms with Crippen molar-refractivity contribution < 1.29 is 6.22 Å². The molecular formula is C9H18O. The third kappa shape index (κ3) is 4.30. The van der Waals surface area contributed by atoms with Crippen LogP contribution >= 0.6 is 0 Å². The van der Waals surface area contributed by atoms with Gasteiger partial charge in [0.05, 0.1) is 0 Å². The minimum atomic E-state index is 0. The number of ketones is 1. The molecule has 0 saturated carbocycles. The van der Waals surface area contributed by atoms with Gasteiger partial charge in [-0.1, -0.05) is 12.5 Å². The highest BCUT2D eigenvalue weighted by Gasteiger charge is 2.05. The number of carbonyl (C=O) groups is 1. The van der Waals surface area contributed by atoms with E-state index in [1.54, 1.807) is 6.92 Å². The van der Waals surface area contributed by atoms with Crippen molar-refractivity contribution in [3.05, 3.63) is 12.2 Å². The van der Waals surface area contributed by atoms with Crippen LogP contribution in [0.5, 0.6) is 0 Å². The van der Waals surface area contributed by atoms with Gasteiger partial charge in [0.2, 0.25) is 0 Å². The Morgan fingerprint density at radius 1 is 1.60 bits per heavy atom. The zero-order valence-corrected chi connectivity index (χ0v) is 7.11. The number of Topliss-reactive ketones (excluding diaryl/α,β-unsaturated/α-hetero) is 1. The minimum Gasteiger partial charge on any atom is -0.300 e. The van der Waals surface area contributed by atoms with Gasteiger partial charge in [0.1, 0.15) is 5.78 Å². The maximum atomic E-state index is 10.7. The lowest BCUT2D eigenvalue weighted by Crippen LogP contribution is -2.05. The zero-order valence-electron chi connectivity index (χ0n) is 7.11. The Morgan fingerprint density at radius 2 is 2.10 bits per heavy atom. The summed E-state index contributed by atoms with van der Waals surface area (Å²) in [7, 11) is 0. The fourth-order valence-corrected chi connectivity index (χ4v) is 0.666. The van der Waals surface area contributed by atoms with Gasteiger partial charge < -0.3 is 0 Å². The van der Waals surface area contributed by atoms with Crippen molar-refractivity contribution in [1.29, 1.82) is 0 Å². The van der Waals surface area contributed by atoms with Crippen molar-refractivity contribution in [1.82, 2.24) is 0 Å². The Hall–Kier alpha value is -0.590. The van der Waals surface area contributed by atoms with Crippen molar-refractivity contribution in [3.8, 4) is 0 Å². The average Bonchev–Trinajstić information content (AvgIpc) is 1.82. The molecule has 0 rings (SSSR count). The number of hydrogen-bond donors (Lipinski definition) is 0. The van der Waals surface area contributed by atoms with Gasteiger partial charge in [-0.25, -0.2) is 0 Å². The SMILES string of the molecule is C=C(C)CCC(C)C(C)=O.[HH]. The van der Waals surface area contributed by atoms with Gasteiger partial charge in [0.25, 0.3) is 0 Å². The van der Waals surface area contributed by atoms with Gasteiger partial charge in [0, 0.05) is 7.34 Å². The summed E-state index contributed by atoms with van der Waals surface area (Å²) in [6.07, 6.45) is 1.92. The fourth-order valence-electron chi connectivity index (χ4n) is 0.666. The van der Waals surface area contributed by atoms with Gasteiger partial charge in [-0.3, -0.25) is 4.79 Å². The second-order valence-electron chi connectivity index (χ2n) is 3.01. The topological polar surface area (TPSA) is 17.1 Å². The van der Waals surface area contributed by atoms with E-state index >= 15 is 0 Å². The smallest absolute Gasteiger partial charge is 0.132 e. The van der Waals surface area contributed by atoms with Crippen LogP contribution < -0.4 is 0 Å². The summed E-state index contributed by atoms with van der Waals surface area (Å²) in [5, 5.41) is 0. The van der Waals surface area contributed by atoms with Crippen molar-refractivity contribution in [3.63, 3.8) is 0 Å². The highest BCUT2D eigenvalue weighted by Crippen LogP contribution is 2.10. The Bertz CT molecular complexity index is 140. The highest BCUT2D eigenvalue weighted by atomic mass is 16.1. The molecule has 10 heavy (non-hydrogen) atoms. The maximum absolute atomic E-state index is 10.7. The summed E-state index contributed by atoms with van der Waals surface area (Å²) in [5.41, 5.74) is 1.16. The van der Waals surface area contributed by atoms with Crippen molar-refractivity contribution in [2.75, 3.05) is 0 Å². The van der Waals surface area contributed by atoms with Gasteiger partial charge in [0.15, 0.2) is 0 Å². The minimum absolute atomic E-state index is 0. The third-order valence-electron chi connectivity index (χ3n) is 1.70. The molecule has 0 bridgehead atoms. The van der Waals surface area contributed by atoms with Crippen LogP contribution in [0.15, 0.2) is 12.2 Å². The molecule has 1 heteroatoms. The van der Waals surface area contributed by atoms with E-state index in [2.05, 4.69) is 6.58 Å². The molecule has 0 saturated heterocycles. The molecule has 0 spiro atoms. The first-order valence-corrected chi connectivity index (χ1v) is 3.69. The molecule has 0 aromatic rings. The van der Waals surface area contributed by atoms with Gasteiger partial charge in [-0.05, 0) is 26.7 Å². The number of rotatable bonds is 4. The summed E-state index contributed by atoms with van der Waals surface area (Å²) >= 11 is 0. The lowest BCUT2D eigenvalue weighted by atomic mass is 9.99. The van der Waals surface area contributed by atoms with Gasteiger partial charge in [-0.2, -0.15) is 0 Å². The Labute approximate surface area is 64.6 Å². The largest absolute Gasteiger partial charge is 0.300 e. The average molecular weight is 142 g/mol. The predicted molar refractivity (Wildman–Crippen MR) is 46.0 cm³/mol. The van der Waals surface area contributed by atoms with E-state index in [4.69, 9.17) is 0 Å². The molecule has 0 aliphatic heterocycles. The molecule has 60 valence electrons. The number of allylic oxidation sites excluding steroid dienone is 1. The number of carbonyl (C=O) groups excluding carboxylic acids is 1. The lowest BCUT2D eigenvalue weighted by Gasteiger charge is -2.05. The van der Waals surface area contributed by atoms with E-state index in [1.807, 2.05) is 13.8 Å². The molecule has 1 unspecified atom stereocenters. The fraction of sp³-hybridized carbons (Fsp3) is 0.667. The van der Waals surface area contributed by atoms with Crippen LogP contribution in [-0.2, 0) is 4.79 Å². The molecule has 1 atom stereocenters. The quantitative estimate of drug-likeness (QED) is 0.552. The summed E-state index contributed by atoms with van der Waals surface area (Å²) < 4.78 is 0. The maximum Gasteiger partial charge on any atom is 0.132 e. The summed E-state index contributed by atoms with van der Waals surface area (Å²) in [4.78, 5) is 10.7. The number of hydrogen-bond acceptors (Lipinski definition) is 1. The van der Waals surface area contributed by atoms with Crippen LogP contribution in [-0.4, -0.2) is 5.78 Å². The second kappa shape index (κ2) is 4.26. The third-order valence-corrected chi connectivity index (χ3v) is 1.70. The summed E-state index contributed by atoms with van der Waals surface area (Å²) in [5.74, 6) is 0.484. The van der Waals surface area contributed by atoms with Crippen molar-refractivity contribution in [2.45, 2.75) is 33.6 Å². The van der Waals surface area contributed by atoms with Crippen LogP contribution in [0, 0.1) is 5.92 Å². The van der Waals surface area contributed by atoms with Crippen LogP contribution in [0.3, 0.4) is 0 Å². The lowest BCUT2D eigenvalue weighted by molar-refractivity contribution is -0.120. The first kappa shape index (κ1) is 9.41. The molecule has 1 nitrogen and oxygen atoms in total. The monoisotopic (exact) mass is 142 g/mol. The van der Waals surface area contributed by atoms with E-state index in [1.165, 1.54) is 0 Å². The molecule has 0 amide bonds. The second-order valence-corrected chi connectivity index (χ2v) is 3.01. The molecule has 0 aromatic carbocycles. The van der Waals surface area contributed by atoms with Crippen LogP contribution in [0.4, 0.5) is 0 Å². The van der Waals surface area contributed by atoms with Crippen LogP contribution in [0.1, 0.15) is 35.0 Å². The first-order valence-electron chi connectivity index (χ1n) is 3.69. The Kier molecular flexibility index (Phi) is 4.01. The van der Waals surface area contributed by atoms with E-state index in [0.717, 1.165) is 18.4 Å². The van der Waals surface area contributed by atoms with E-state index in [0.29, 0.717) is 0 Å². The van der Waals surface area contributed by atoms with E-state index < -0.39 is 0 Å². The van der Waals surface area contributed by atoms with Gasteiger partial charge in [-0.15, -0.1) is 6.58 Å². The standard InChI is InChI=1S/C9H16O.H2/c1-7(2)5-6-8(3)9(4)10;/h8H,1,5-6H2,2-4H3;1H. The Balaban J connectivity index is 0. The van der Waals surface area contributed by atoms with Crippen molar-refractivity contribution >= 4 is 5.78 Å². The van der Waals surface area contributed by atoms with Crippen LogP contribution in [0.25, 0.3) is 0 Å². The molecule has 0 aliphatic carbocycles. The molecule has 0 radical (unpaired) electrons. The first-order chi connectivity index (χ1) is 4.54. The van der Waals surface area contributed by atoms with E-state index in [9.17, 15) is 4.79 Å².